The van der Waals surface area contributed by atoms with Crippen LogP contribution in [-0.4, -0.2) is 39.5 Å². The highest BCUT2D eigenvalue weighted by Gasteiger charge is 2.27. The lowest BCUT2D eigenvalue weighted by atomic mass is 10.1. The molecule has 1 aromatic carbocycles. The molecule has 1 aromatic heterocycles. The molecule has 0 spiro atoms. The number of carbonyl (C=O) groups is 1. The molecule has 2 N–H and O–H groups in total. The Morgan fingerprint density at radius 2 is 1.88 bits per heavy atom. The van der Waals surface area contributed by atoms with Gasteiger partial charge in [0.1, 0.15) is 0 Å². The minimum absolute atomic E-state index is 0.101. The third kappa shape index (κ3) is 4.02. The molecule has 0 radical (unpaired) electrons. The second kappa shape index (κ2) is 7.56. The number of esters is 1. The highest BCUT2D eigenvalue weighted by molar-refractivity contribution is 7.92. The van der Waals surface area contributed by atoms with E-state index in [1.54, 1.807) is 12.1 Å². The van der Waals surface area contributed by atoms with Gasteiger partial charge in [-0.3, -0.25) is 4.79 Å². The van der Waals surface area contributed by atoms with Crippen LogP contribution in [0.2, 0.25) is 0 Å². The maximum atomic E-state index is 11.8. The number of methoxy groups -OCH3 is 2. The predicted molar refractivity (Wildman–Crippen MR) is 93.3 cm³/mol. The van der Waals surface area contributed by atoms with Crippen LogP contribution in [-0.2, 0) is 14.8 Å². The Kier molecular flexibility index (Phi) is 5.66. The summed E-state index contributed by atoms with van der Waals surface area (Å²) in [6.45, 7) is 2.53. The number of benzene rings is 1. The van der Waals surface area contributed by atoms with Crippen molar-refractivity contribution in [3.8, 4) is 34.3 Å². The van der Waals surface area contributed by atoms with E-state index in [9.17, 15) is 18.3 Å². The zero-order valence-electron chi connectivity index (χ0n) is 14.7. The van der Waals surface area contributed by atoms with Gasteiger partial charge in [0.15, 0.2) is 17.3 Å². The van der Waals surface area contributed by atoms with Crippen LogP contribution in [0.1, 0.15) is 13.8 Å². The van der Waals surface area contributed by atoms with Gasteiger partial charge in [0.05, 0.1) is 20.0 Å². The van der Waals surface area contributed by atoms with E-state index in [0.717, 1.165) is 6.92 Å². The minimum Gasteiger partial charge on any atom is -0.502 e. The van der Waals surface area contributed by atoms with E-state index >= 15 is 0 Å². The van der Waals surface area contributed by atoms with Crippen molar-refractivity contribution < 1.29 is 36.9 Å². The third-order valence-electron chi connectivity index (χ3n) is 3.36. The number of hydrogen-bond donors (Lipinski definition) is 2. The number of aromatic hydroxyl groups is 1. The first-order valence-corrected chi connectivity index (χ1v) is 9.14. The molecule has 0 unspecified atom stereocenters. The van der Waals surface area contributed by atoms with Gasteiger partial charge in [0.25, 0.3) is 5.88 Å². The van der Waals surface area contributed by atoms with Crippen molar-refractivity contribution in [1.82, 2.24) is 0 Å². The molecule has 0 aliphatic heterocycles. The molecule has 0 saturated carbocycles. The first-order chi connectivity index (χ1) is 12.2. The van der Waals surface area contributed by atoms with E-state index in [-0.39, 0.29) is 11.5 Å². The van der Waals surface area contributed by atoms with Gasteiger partial charge >= 0.3 is 5.97 Å². The number of furan rings is 1. The first-order valence-electron chi connectivity index (χ1n) is 7.49. The maximum Gasteiger partial charge on any atom is 0.308 e. The summed E-state index contributed by atoms with van der Waals surface area (Å²) in [6.07, 6.45) is 0. The van der Waals surface area contributed by atoms with Crippen LogP contribution in [0, 0.1) is 0 Å². The molecule has 0 bridgehead atoms. The fourth-order valence-corrected chi connectivity index (χ4v) is 2.66. The van der Waals surface area contributed by atoms with Crippen molar-refractivity contribution in [3.05, 3.63) is 18.2 Å². The molecule has 0 fully saturated rings. The Hall–Kier alpha value is -2.88. The quantitative estimate of drug-likeness (QED) is 0.696. The zero-order chi connectivity index (χ0) is 19.5. The summed E-state index contributed by atoms with van der Waals surface area (Å²) in [6, 6.07) is 4.67. The van der Waals surface area contributed by atoms with E-state index in [2.05, 4.69) is 4.72 Å². The third-order valence-corrected chi connectivity index (χ3v) is 4.62. The average Bonchev–Trinajstić information content (AvgIpc) is 2.89. The smallest absolute Gasteiger partial charge is 0.308 e. The van der Waals surface area contributed by atoms with Gasteiger partial charge in [-0.2, -0.15) is 0 Å². The highest BCUT2D eigenvalue weighted by Crippen LogP contribution is 2.47. The van der Waals surface area contributed by atoms with Crippen LogP contribution in [0.15, 0.2) is 22.6 Å². The standard InChI is InChI=1S/C16H19NO8S/c1-5-26(20,21)17-16-15(24-9(2)18)13(19)14(25-16)10-6-7-11(22-3)12(8-10)23-4/h6-8,17,19H,5H2,1-4H3. The molecule has 2 rings (SSSR count). The highest BCUT2D eigenvalue weighted by atomic mass is 32.2. The lowest BCUT2D eigenvalue weighted by Gasteiger charge is -2.08. The predicted octanol–water partition coefficient (Wildman–Crippen LogP) is 2.36. The molecule has 9 nitrogen and oxygen atoms in total. The van der Waals surface area contributed by atoms with Crippen LogP contribution in [0.5, 0.6) is 23.0 Å². The topological polar surface area (TPSA) is 124 Å². The van der Waals surface area contributed by atoms with Crippen molar-refractivity contribution in [2.24, 2.45) is 0 Å². The van der Waals surface area contributed by atoms with Crippen molar-refractivity contribution in [3.63, 3.8) is 0 Å². The lowest BCUT2D eigenvalue weighted by molar-refractivity contribution is -0.131. The number of sulfonamides is 1. The molecule has 0 amide bonds. The zero-order valence-corrected chi connectivity index (χ0v) is 15.5. The van der Waals surface area contributed by atoms with E-state index in [1.807, 2.05) is 0 Å². The number of hydrogen-bond acceptors (Lipinski definition) is 8. The molecule has 142 valence electrons. The number of ether oxygens (including phenoxy) is 3. The van der Waals surface area contributed by atoms with Gasteiger partial charge in [-0.1, -0.05) is 0 Å². The largest absolute Gasteiger partial charge is 0.502 e. The number of nitrogens with one attached hydrogen (secondary N) is 1. The van der Waals surface area contributed by atoms with Crippen molar-refractivity contribution in [2.75, 3.05) is 24.7 Å². The Balaban J connectivity index is 2.59. The van der Waals surface area contributed by atoms with Gasteiger partial charge < -0.3 is 23.7 Å². The molecule has 0 aliphatic carbocycles. The fourth-order valence-electron chi connectivity index (χ4n) is 2.10. The monoisotopic (exact) mass is 385 g/mol. The van der Waals surface area contributed by atoms with E-state index < -0.39 is 33.4 Å². The minimum atomic E-state index is -3.73. The van der Waals surface area contributed by atoms with Gasteiger partial charge in [0.2, 0.25) is 21.5 Å². The molecule has 0 atom stereocenters. The SMILES string of the molecule is CCS(=O)(=O)Nc1oc(-c2ccc(OC)c(OC)c2)c(O)c1OC(C)=O. The Labute approximate surface area is 150 Å². The molecule has 26 heavy (non-hydrogen) atoms. The van der Waals surface area contributed by atoms with E-state index in [1.165, 1.54) is 27.2 Å². The molecule has 0 aliphatic rings. The van der Waals surface area contributed by atoms with Crippen molar-refractivity contribution in [1.29, 1.82) is 0 Å². The number of rotatable bonds is 7. The van der Waals surface area contributed by atoms with Crippen LogP contribution in [0.4, 0.5) is 5.88 Å². The summed E-state index contributed by atoms with van der Waals surface area (Å²) in [7, 11) is -0.821. The van der Waals surface area contributed by atoms with E-state index in [4.69, 9.17) is 18.6 Å². The Morgan fingerprint density at radius 1 is 1.23 bits per heavy atom. The average molecular weight is 385 g/mol. The molecule has 10 heteroatoms. The number of anilines is 1. The molecular formula is C16H19NO8S. The summed E-state index contributed by atoms with van der Waals surface area (Å²) < 4.78 is 46.4. The second-order valence-corrected chi connectivity index (χ2v) is 7.12. The van der Waals surface area contributed by atoms with Crippen LogP contribution in [0.3, 0.4) is 0 Å². The molecular weight excluding hydrogens is 366 g/mol. The Morgan fingerprint density at radius 3 is 2.42 bits per heavy atom. The fraction of sp³-hybridized carbons (Fsp3) is 0.312. The van der Waals surface area contributed by atoms with Crippen LogP contribution < -0.4 is 18.9 Å². The summed E-state index contributed by atoms with van der Waals surface area (Å²) >= 11 is 0. The summed E-state index contributed by atoms with van der Waals surface area (Å²) in [5.74, 6) is -1.61. The summed E-state index contributed by atoms with van der Waals surface area (Å²) in [5.41, 5.74) is 0.357. The van der Waals surface area contributed by atoms with Gasteiger partial charge in [-0.05, 0) is 25.1 Å². The maximum absolute atomic E-state index is 11.8. The summed E-state index contributed by atoms with van der Waals surface area (Å²) in [5, 5.41) is 10.4. The second-order valence-electron chi connectivity index (χ2n) is 5.11. The molecule has 2 aromatic rings. The first kappa shape index (κ1) is 19.4. The van der Waals surface area contributed by atoms with Gasteiger partial charge in [-0.25, -0.2) is 13.1 Å². The van der Waals surface area contributed by atoms with E-state index in [0.29, 0.717) is 17.1 Å². The normalized spacial score (nSPS) is 11.1. The van der Waals surface area contributed by atoms with Crippen LogP contribution in [0.25, 0.3) is 11.3 Å². The number of carbonyl (C=O) groups excluding carboxylic acids is 1. The van der Waals surface area contributed by atoms with Gasteiger partial charge in [0, 0.05) is 12.5 Å². The van der Waals surface area contributed by atoms with Crippen molar-refractivity contribution >= 4 is 21.9 Å². The van der Waals surface area contributed by atoms with Crippen molar-refractivity contribution in [2.45, 2.75) is 13.8 Å². The summed E-state index contributed by atoms with van der Waals surface area (Å²) in [4.78, 5) is 11.3. The molecule has 0 saturated heterocycles. The molecule has 1 heterocycles. The lowest BCUT2D eigenvalue weighted by Crippen LogP contribution is -2.15. The van der Waals surface area contributed by atoms with Gasteiger partial charge in [-0.15, -0.1) is 0 Å². The Bertz CT molecular complexity index is 917. The van der Waals surface area contributed by atoms with Crippen LogP contribution >= 0.6 is 0 Å².